The Morgan fingerprint density at radius 2 is 1.29 bits per heavy atom. The minimum absolute atomic E-state index is 0.0462. The Bertz CT molecular complexity index is 2090. The summed E-state index contributed by atoms with van der Waals surface area (Å²) in [6.07, 6.45) is 1.78. The minimum atomic E-state index is -1.01. The van der Waals surface area contributed by atoms with E-state index >= 15 is 0 Å². The van der Waals surface area contributed by atoms with Gasteiger partial charge >= 0.3 is 22.8 Å². The molecule has 2 unspecified atom stereocenters. The van der Waals surface area contributed by atoms with Crippen LogP contribution in [-0.2, 0) is 13.1 Å². The van der Waals surface area contributed by atoms with Crippen molar-refractivity contribution in [2.24, 2.45) is 0 Å². The van der Waals surface area contributed by atoms with Crippen LogP contribution in [-0.4, -0.2) is 40.1 Å². The molecule has 12 heteroatoms. The van der Waals surface area contributed by atoms with Crippen LogP contribution in [0.25, 0.3) is 11.4 Å². The van der Waals surface area contributed by atoms with Crippen LogP contribution in [0.15, 0.2) is 110 Å². The molecule has 5 aromatic rings. The molecule has 0 amide bonds. The van der Waals surface area contributed by atoms with Crippen LogP contribution in [0.4, 0.5) is 0 Å². The average Bonchev–Trinajstić information content (AvgIpc) is 3.40. The van der Waals surface area contributed by atoms with Crippen molar-refractivity contribution in [3.05, 3.63) is 138 Å². The molecule has 0 saturated heterocycles. The molecular formula is C29H24N6O6. The zero-order valence-electron chi connectivity index (χ0n) is 21.8. The van der Waals surface area contributed by atoms with Gasteiger partial charge in [0.2, 0.25) is 0 Å². The maximum absolute atomic E-state index is 14.0. The Morgan fingerprint density at radius 1 is 0.707 bits per heavy atom. The van der Waals surface area contributed by atoms with E-state index in [2.05, 4.69) is 0 Å². The lowest BCUT2D eigenvalue weighted by Gasteiger charge is -2.38. The molecule has 4 heterocycles. The lowest BCUT2D eigenvalue weighted by Crippen LogP contribution is -2.47. The monoisotopic (exact) mass is 552 g/mol. The number of hydrogen-bond acceptors (Lipinski definition) is 6. The summed E-state index contributed by atoms with van der Waals surface area (Å²) in [6.45, 7) is -0.0468. The van der Waals surface area contributed by atoms with Crippen molar-refractivity contribution in [2.75, 3.05) is 7.11 Å². The number of para-hydroxylation sites is 2. The number of aromatic nitrogens is 6. The Kier molecular flexibility index (Phi) is 5.39. The van der Waals surface area contributed by atoms with Crippen molar-refractivity contribution in [1.82, 2.24) is 27.9 Å². The molecule has 206 valence electrons. The lowest BCUT2D eigenvalue weighted by molar-refractivity contribution is 0.241. The van der Waals surface area contributed by atoms with Crippen molar-refractivity contribution < 1.29 is 9.84 Å². The summed E-state index contributed by atoms with van der Waals surface area (Å²) in [5, 5.41) is 11.1. The van der Waals surface area contributed by atoms with Crippen molar-refractivity contribution in [3.63, 3.8) is 0 Å². The summed E-state index contributed by atoms with van der Waals surface area (Å²) < 4.78 is 13.0. The highest BCUT2D eigenvalue weighted by molar-refractivity contribution is 5.51. The van der Waals surface area contributed by atoms with E-state index in [1.54, 1.807) is 78.9 Å². The maximum atomic E-state index is 14.0. The molecule has 2 aliphatic rings. The summed E-state index contributed by atoms with van der Waals surface area (Å²) in [6, 6.07) is 20.0. The fraction of sp³-hybridized carbons (Fsp3) is 0.172. The Hall–Kier alpha value is -5.52. The molecule has 2 aliphatic heterocycles. The summed E-state index contributed by atoms with van der Waals surface area (Å²) >= 11 is 0. The molecule has 0 aliphatic carbocycles. The smallest absolute Gasteiger partial charge is 0.352 e. The zero-order chi connectivity index (χ0) is 28.4. The van der Waals surface area contributed by atoms with Gasteiger partial charge in [-0.05, 0) is 42.0 Å². The van der Waals surface area contributed by atoms with Crippen LogP contribution in [0.1, 0.15) is 17.6 Å². The number of aromatic hydroxyl groups is 1. The second-order valence-electron chi connectivity index (χ2n) is 9.84. The van der Waals surface area contributed by atoms with Crippen molar-refractivity contribution in [3.8, 4) is 22.9 Å². The zero-order valence-corrected chi connectivity index (χ0v) is 21.8. The van der Waals surface area contributed by atoms with Gasteiger partial charge in [0.05, 0.1) is 43.2 Å². The first kappa shape index (κ1) is 24.5. The number of phenolic OH excluding ortho intramolecular Hbond substituents is 1. The predicted octanol–water partition coefficient (Wildman–Crippen LogP) is 1.41. The molecule has 1 N–H and O–H groups in total. The van der Waals surface area contributed by atoms with E-state index in [-0.39, 0.29) is 24.4 Å². The Balaban J connectivity index is 1.53. The molecule has 0 bridgehead atoms. The van der Waals surface area contributed by atoms with E-state index in [1.165, 1.54) is 31.9 Å². The van der Waals surface area contributed by atoms with Crippen molar-refractivity contribution in [2.45, 2.75) is 25.2 Å². The Morgan fingerprint density at radius 3 is 1.90 bits per heavy atom. The first-order valence-corrected chi connectivity index (χ1v) is 13.0. The van der Waals surface area contributed by atoms with Crippen LogP contribution >= 0.6 is 0 Å². The molecule has 2 aromatic heterocycles. The summed E-state index contributed by atoms with van der Waals surface area (Å²) in [4.78, 5) is 55.1. The van der Waals surface area contributed by atoms with E-state index in [0.717, 1.165) is 9.13 Å². The highest BCUT2D eigenvalue weighted by atomic mass is 16.5. The number of benzene rings is 3. The minimum Gasteiger partial charge on any atom is -0.507 e. The molecule has 0 saturated carbocycles. The molecule has 0 radical (unpaired) electrons. The number of fused-ring (bicyclic) bond motifs is 4. The molecule has 2 atom stereocenters. The van der Waals surface area contributed by atoms with Gasteiger partial charge in [-0.25, -0.2) is 47.0 Å². The molecule has 0 fully saturated rings. The third kappa shape index (κ3) is 3.40. The molecule has 12 nitrogen and oxygen atoms in total. The van der Waals surface area contributed by atoms with Gasteiger partial charge in [0.1, 0.15) is 17.5 Å². The SMILES string of the molecule is COc1cccc(O)c1C1C2=CCn3c(=O)n(-c4ccccc4)c(=O)n3C2Cn2c(=O)n(-c3ccccc3)c(=O)n21. The van der Waals surface area contributed by atoms with Crippen molar-refractivity contribution >= 4 is 0 Å². The van der Waals surface area contributed by atoms with Gasteiger partial charge in [0.25, 0.3) is 0 Å². The fourth-order valence-corrected chi connectivity index (χ4v) is 5.99. The second kappa shape index (κ2) is 9.01. The Labute approximate surface area is 231 Å². The number of methoxy groups -OCH3 is 1. The van der Waals surface area contributed by atoms with Crippen LogP contribution in [0, 0.1) is 0 Å². The molecule has 3 aromatic carbocycles. The largest absolute Gasteiger partial charge is 0.507 e. The summed E-state index contributed by atoms with van der Waals surface area (Å²) in [5.41, 5.74) is -0.708. The highest BCUT2D eigenvalue weighted by Gasteiger charge is 2.43. The number of hydrogen-bond donors (Lipinski definition) is 1. The van der Waals surface area contributed by atoms with Crippen LogP contribution in [0.5, 0.6) is 11.5 Å². The molecule has 0 spiro atoms. The first-order chi connectivity index (χ1) is 19.9. The van der Waals surface area contributed by atoms with Gasteiger partial charge in [0.15, 0.2) is 0 Å². The van der Waals surface area contributed by atoms with Crippen LogP contribution < -0.4 is 27.5 Å². The number of phenols is 1. The first-order valence-electron chi connectivity index (χ1n) is 13.0. The maximum Gasteiger partial charge on any atom is 0.352 e. The van der Waals surface area contributed by atoms with Crippen molar-refractivity contribution in [1.29, 1.82) is 0 Å². The van der Waals surface area contributed by atoms with Gasteiger partial charge in [-0.2, -0.15) is 0 Å². The summed E-state index contributed by atoms with van der Waals surface area (Å²) in [7, 11) is 1.45. The summed E-state index contributed by atoms with van der Waals surface area (Å²) in [5.74, 6) is 0.151. The molecule has 7 rings (SSSR count). The highest BCUT2D eigenvalue weighted by Crippen LogP contribution is 2.45. The number of rotatable bonds is 4. The average molecular weight is 553 g/mol. The second-order valence-corrected chi connectivity index (χ2v) is 9.84. The number of allylic oxidation sites excluding steroid dienone is 2. The van der Waals surface area contributed by atoms with E-state index in [4.69, 9.17) is 4.74 Å². The molecular weight excluding hydrogens is 528 g/mol. The molecule has 41 heavy (non-hydrogen) atoms. The van der Waals surface area contributed by atoms with Gasteiger partial charge in [-0.3, -0.25) is 0 Å². The van der Waals surface area contributed by atoms with E-state index < -0.39 is 34.8 Å². The van der Waals surface area contributed by atoms with Crippen LogP contribution in [0.2, 0.25) is 0 Å². The van der Waals surface area contributed by atoms with E-state index in [1.807, 2.05) is 0 Å². The number of ether oxygens (including phenoxy) is 1. The third-order valence-electron chi connectivity index (χ3n) is 7.77. The topological polar surface area (TPSA) is 127 Å². The normalized spacial score (nSPS) is 17.3. The number of nitrogens with zero attached hydrogens (tertiary/aromatic N) is 6. The van der Waals surface area contributed by atoms with Gasteiger partial charge in [0, 0.05) is 0 Å². The fourth-order valence-electron chi connectivity index (χ4n) is 5.99. The van der Waals surface area contributed by atoms with Crippen LogP contribution in [0.3, 0.4) is 0 Å². The van der Waals surface area contributed by atoms with Gasteiger partial charge < -0.3 is 9.84 Å². The van der Waals surface area contributed by atoms with Gasteiger partial charge in [-0.15, -0.1) is 0 Å². The standard InChI is InChI=1S/C29H24N6O6/c1-41-23-14-8-13-22(36)24(23)25-20-15-16-30-26(37)32(18-9-4-2-5-10-18)28(39)34(30)21(20)17-31-27(38)33(29(40)35(25)31)19-11-6-3-7-12-19/h2-15,21,25,36H,16-17H2,1H3. The lowest BCUT2D eigenvalue weighted by atomic mass is 9.89. The predicted molar refractivity (Wildman–Crippen MR) is 148 cm³/mol. The van der Waals surface area contributed by atoms with E-state index in [9.17, 15) is 24.3 Å². The quantitative estimate of drug-likeness (QED) is 0.336. The third-order valence-corrected chi connectivity index (χ3v) is 7.77. The van der Waals surface area contributed by atoms with Gasteiger partial charge in [-0.1, -0.05) is 48.5 Å². The van der Waals surface area contributed by atoms with E-state index in [0.29, 0.717) is 22.7 Å².